The normalized spacial score (nSPS) is 16.9. The molecule has 9 heteroatoms. The minimum atomic E-state index is -3.56. The molecule has 27 heavy (non-hydrogen) atoms. The van der Waals surface area contributed by atoms with E-state index in [4.69, 9.17) is 0 Å². The number of aromatic nitrogens is 4. The molecule has 0 unspecified atom stereocenters. The first-order valence-corrected chi connectivity index (χ1v) is 10.7. The topological polar surface area (TPSA) is 90.1 Å². The van der Waals surface area contributed by atoms with Crippen LogP contribution in [0.4, 0.5) is 0 Å². The summed E-state index contributed by atoms with van der Waals surface area (Å²) in [4.78, 5) is 20.8. The molecule has 2 aromatic heterocycles. The SMILES string of the molecule is Cc1nc(S(=O)(=O)N2CCC(Cn3cnc(C(C)C)cc3=O)CC2)cn1C. The zero-order valence-corrected chi connectivity index (χ0v) is 17.1. The highest BCUT2D eigenvalue weighted by atomic mass is 32.2. The fourth-order valence-corrected chi connectivity index (χ4v) is 4.78. The lowest BCUT2D eigenvalue weighted by Crippen LogP contribution is -2.40. The van der Waals surface area contributed by atoms with Gasteiger partial charge in [-0.2, -0.15) is 4.31 Å². The van der Waals surface area contributed by atoms with Gasteiger partial charge in [-0.15, -0.1) is 0 Å². The van der Waals surface area contributed by atoms with Crippen molar-refractivity contribution in [3.8, 4) is 0 Å². The van der Waals surface area contributed by atoms with Crippen molar-refractivity contribution in [2.45, 2.75) is 51.1 Å². The van der Waals surface area contributed by atoms with Gasteiger partial charge in [0, 0.05) is 38.9 Å². The molecule has 3 heterocycles. The first-order valence-electron chi connectivity index (χ1n) is 9.25. The zero-order valence-electron chi connectivity index (χ0n) is 16.3. The molecule has 0 aromatic carbocycles. The Morgan fingerprint density at radius 2 is 1.93 bits per heavy atom. The minimum Gasteiger partial charge on any atom is -0.337 e. The highest BCUT2D eigenvalue weighted by Gasteiger charge is 2.31. The molecule has 3 rings (SSSR count). The van der Waals surface area contributed by atoms with Crippen molar-refractivity contribution in [1.29, 1.82) is 0 Å². The van der Waals surface area contributed by atoms with Crippen molar-refractivity contribution >= 4 is 10.0 Å². The third kappa shape index (κ3) is 4.14. The smallest absolute Gasteiger partial charge is 0.262 e. The largest absolute Gasteiger partial charge is 0.337 e. The second kappa shape index (κ2) is 7.55. The summed E-state index contributed by atoms with van der Waals surface area (Å²) >= 11 is 0. The lowest BCUT2D eigenvalue weighted by molar-refractivity contribution is 0.250. The summed E-state index contributed by atoms with van der Waals surface area (Å²) in [6.07, 6.45) is 4.59. The molecule has 1 fully saturated rings. The molecule has 0 aliphatic carbocycles. The lowest BCUT2D eigenvalue weighted by atomic mass is 9.98. The molecule has 1 saturated heterocycles. The molecular formula is C18H27N5O3S. The van der Waals surface area contributed by atoms with Crippen LogP contribution in [-0.4, -0.2) is 44.9 Å². The van der Waals surface area contributed by atoms with Gasteiger partial charge in [0.2, 0.25) is 0 Å². The second-order valence-corrected chi connectivity index (χ2v) is 9.43. The summed E-state index contributed by atoms with van der Waals surface area (Å²) in [5, 5.41) is 0.102. The van der Waals surface area contributed by atoms with E-state index in [0.717, 1.165) is 5.69 Å². The van der Waals surface area contributed by atoms with Crippen LogP contribution in [0.15, 0.2) is 28.4 Å². The van der Waals surface area contributed by atoms with Crippen molar-refractivity contribution < 1.29 is 8.42 Å². The summed E-state index contributed by atoms with van der Waals surface area (Å²) in [6.45, 7) is 7.24. The molecule has 0 N–H and O–H groups in total. The van der Waals surface area contributed by atoms with Crippen LogP contribution in [-0.2, 0) is 23.6 Å². The minimum absolute atomic E-state index is 0.0484. The molecule has 2 aromatic rings. The summed E-state index contributed by atoms with van der Waals surface area (Å²) in [6, 6.07) is 1.59. The van der Waals surface area contributed by atoms with Gasteiger partial charge < -0.3 is 4.57 Å². The quantitative estimate of drug-likeness (QED) is 0.768. The molecule has 0 spiro atoms. The van der Waals surface area contributed by atoms with E-state index in [9.17, 15) is 13.2 Å². The van der Waals surface area contributed by atoms with Crippen molar-refractivity contribution in [3.05, 3.63) is 40.5 Å². The van der Waals surface area contributed by atoms with Gasteiger partial charge in [0.1, 0.15) is 5.82 Å². The molecule has 0 saturated carbocycles. The summed E-state index contributed by atoms with van der Waals surface area (Å²) in [5.41, 5.74) is 0.746. The fourth-order valence-electron chi connectivity index (χ4n) is 3.29. The fraction of sp³-hybridized carbons (Fsp3) is 0.611. The van der Waals surface area contributed by atoms with Crippen LogP contribution in [0.25, 0.3) is 0 Å². The van der Waals surface area contributed by atoms with Gasteiger partial charge in [-0.1, -0.05) is 13.8 Å². The Labute approximate surface area is 159 Å². The molecule has 0 radical (unpaired) electrons. The van der Waals surface area contributed by atoms with E-state index < -0.39 is 10.0 Å². The van der Waals surface area contributed by atoms with Crippen molar-refractivity contribution in [1.82, 2.24) is 23.4 Å². The van der Waals surface area contributed by atoms with Crippen LogP contribution in [0, 0.1) is 12.8 Å². The Hall–Kier alpha value is -2.00. The Morgan fingerprint density at radius 1 is 1.26 bits per heavy atom. The van der Waals surface area contributed by atoms with Gasteiger partial charge >= 0.3 is 0 Å². The molecular weight excluding hydrogens is 366 g/mol. The van der Waals surface area contributed by atoms with Gasteiger partial charge in [-0.3, -0.25) is 9.36 Å². The predicted molar refractivity (Wildman–Crippen MR) is 102 cm³/mol. The Kier molecular flexibility index (Phi) is 5.53. The van der Waals surface area contributed by atoms with E-state index in [0.29, 0.717) is 38.3 Å². The van der Waals surface area contributed by atoms with Crippen molar-refractivity contribution in [2.75, 3.05) is 13.1 Å². The highest BCUT2D eigenvalue weighted by molar-refractivity contribution is 7.89. The average Bonchev–Trinajstić information content (AvgIpc) is 2.97. The van der Waals surface area contributed by atoms with Crippen molar-refractivity contribution in [2.24, 2.45) is 13.0 Å². The summed E-state index contributed by atoms with van der Waals surface area (Å²) in [7, 11) is -1.78. The zero-order chi connectivity index (χ0) is 19.8. The maximum atomic E-state index is 12.8. The number of rotatable bonds is 5. The number of aryl methyl sites for hydroxylation is 2. The third-order valence-corrected chi connectivity index (χ3v) is 6.98. The van der Waals surface area contributed by atoms with E-state index >= 15 is 0 Å². The van der Waals surface area contributed by atoms with Crippen molar-refractivity contribution in [3.63, 3.8) is 0 Å². The van der Waals surface area contributed by atoms with Crippen LogP contribution in [0.5, 0.6) is 0 Å². The Balaban J connectivity index is 1.64. The van der Waals surface area contributed by atoms with Gasteiger partial charge in [-0.25, -0.2) is 18.4 Å². The highest BCUT2D eigenvalue weighted by Crippen LogP contribution is 2.24. The molecule has 1 aliphatic heterocycles. The molecule has 0 bridgehead atoms. The second-order valence-electron chi connectivity index (χ2n) is 7.54. The lowest BCUT2D eigenvalue weighted by Gasteiger charge is -2.30. The molecule has 0 atom stereocenters. The monoisotopic (exact) mass is 393 g/mol. The Morgan fingerprint density at radius 3 is 2.44 bits per heavy atom. The third-order valence-electron chi connectivity index (χ3n) is 5.21. The summed E-state index contributed by atoms with van der Waals surface area (Å²) < 4.78 is 30.3. The number of hydrogen-bond acceptors (Lipinski definition) is 5. The van der Waals surface area contributed by atoms with Crippen LogP contribution in [0.1, 0.15) is 44.1 Å². The van der Waals surface area contributed by atoms with Gasteiger partial charge in [-0.05, 0) is 31.6 Å². The molecule has 8 nitrogen and oxygen atoms in total. The number of sulfonamides is 1. The van der Waals surface area contributed by atoms with Crippen LogP contribution in [0.2, 0.25) is 0 Å². The van der Waals surface area contributed by atoms with Gasteiger partial charge in [0.05, 0.1) is 12.0 Å². The molecule has 1 aliphatic rings. The number of imidazole rings is 1. The van der Waals surface area contributed by atoms with E-state index in [1.807, 2.05) is 13.8 Å². The maximum absolute atomic E-state index is 12.8. The standard InChI is InChI=1S/C18H27N5O3S/c1-13(2)16-9-18(24)22(12-19-16)10-15-5-7-23(8-6-15)27(25,26)17-11-21(4)14(3)20-17/h9,11-13,15H,5-8,10H2,1-4H3. The van der Waals surface area contributed by atoms with E-state index in [2.05, 4.69) is 9.97 Å². The average molecular weight is 394 g/mol. The first-order chi connectivity index (χ1) is 12.7. The Bertz CT molecular complexity index is 950. The van der Waals surface area contributed by atoms with Crippen LogP contribution < -0.4 is 5.56 Å². The number of nitrogens with zero attached hydrogens (tertiary/aromatic N) is 5. The van der Waals surface area contributed by atoms with E-state index in [-0.39, 0.29) is 22.4 Å². The predicted octanol–water partition coefficient (Wildman–Crippen LogP) is 1.51. The van der Waals surface area contributed by atoms with Crippen LogP contribution in [0.3, 0.4) is 0 Å². The van der Waals surface area contributed by atoms with E-state index in [1.54, 1.807) is 41.7 Å². The first kappa shape index (κ1) is 19.8. The summed E-state index contributed by atoms with van der Waals surface area (Å²) in [5.74, 6) is 1.14. The number of hydrogen-bond donors (Lipinski definition) is 0. The molecule has 0 amide bonds. The maximum Gasteiger partial charge on any atom is 0.262 e. The van der Waals surface area contributed by atoms with Crippen LogP contribution >= 0.6 is 0 Å². The molecule has 148 valence electrons. The van der Waals surface area contributed by atoms with Gasteiger partial charge in [0.25, 0.3) is 15.6 Å². The van der Waals surface area contributed by atoms with E-state index in [1.165, 1.54) is 4.31 Å². The number of piperidine rings is 1. The van der Waals surface area contributed by atoms with Gasteiger partial charge in [0.15, 0.2) is 5.03 Å².